The third-order valence-corrected chi connectivity index (χ3v) is 15.5. The molecule has 10 heteroatoms. The number of carboxylic acids is 1. The quantitative estimate of drug-likeness (QED) is 0.150. The first kappa shape index (κ1) is 36.7. The maximum absolute atomic E-state index is 13.1. The Bertz CT molecular complexity index is 1250. The SMILES string of the molecule is C[C@H]1[C@H](C)CC[C@]2(C(=O)O)CC[C@]3(C)C(=CC[C@@H]4[C@@]5(C)CC[C@H](OC(=O)[C@@H](O)[C@@H](O)[C@H](O)[C@H](O)[C@@H](O)CO)C(C)(C)C5CC[C@]43C)[C@H]12. The molecule has 5 aliphatic rings. The first-order valence-corrected chi connectivity index (χ1v) is 17.9. The van der Waals surface area contributed by atoms with E-state index in [4.69, 9.17) is 9.84 Å². The van der Waals surface area contributed by atoms with Gasteiger partial charge in [-0.05, 0) is 104 Å². The van der Waals surface area contributed by atoms with Crippen molar-refractivity contribution >= 4 is 11.9 Å². The van der Waals surface area contributed by atoms with E-state index in [1.54, 1.807) is 0 Å². The number of carboxylic acid groups (broad SMARTS) is 1. The molecule has 268 valence electrons. The van der Waals surface area contributed by atoms with E-state index >= 15 is 0 Å². The van der Waals surface area contributed by atoms with Crippen LogP contribution in [0.4, 0.5) is 0 Å². The summed E-state index contributed by atoms with van der Waals surface area (Å²) in [4.78, 5) is 26.0. The molecule has 4 fully saturated rings. The average Bonchev–Trinajstić information content (AvgIpc) is 3.02. The average molecular weight is 665 g/mol. The summed E-state index contributed by atoms with van der Waals surface area (Å²) in [5.74, 6) is -0.356. The number of allylic oxidation sites excluding steroid dienone is 2. The van der Waals surface area contributed by atoms with E-state index in [9.17, 15) is 40.2 Å². The Morgan fingerprint density at radius 2 is 1.51 bits per heavy atom. The van der Waals surface area contributed by atoms with Crippen LogP contribution in [0, 0.1) is 56.7 Å². The Balaban J connectivity index is 1.39. The second-order valence-corrected chi connectivity index (χ2v) is 17.6. The van der Waals surface area contributed by atoms with Crippen molar-refractivity contribution in [3.63, 3.8) is 0 Å². The van der Waals surface area contributed by atoms with E-state index in [0.29, 0.717) is 30.6 Å². The first-order chi connectivity index (χ1) is 21.7. The minimum Gasteiger partial charge on any atom is -0.481 e. The van der Waals surface area contributed by atoms with Crippen LogP contribution in [0.25, 0.3) is 0 Å². The number of ether oxygens (including phenoxy) is 1. The zero-order valence-electron chi connectivity index (χ0n) is 29.4. The fourth-order valence-corrected chi connectivity index (χ4v) is 12.1. The number of aliphatic carboxylic acids is 1. The van der Waals surface area contributed by atoms with Gasteiger partial charge >= 0.3 is 11.9 Å². The molecule has 0 radical (unpaired) electrons. The van der Waals surface area contributed by atoms with Crippen LogP contribution in [-0.2, 0) is 14.3 Å². The highest BCUT2D eigenvalue weighted by Gasteiger charge is 2.70. The fourth-order valence-electron chi connectivity index (χ4n) is 12.1. The highest BCUT2D eigenvalue weighted by atomic mass is 16.6. The largest absolute Gasteiger partial charge is 0.481 e. The maximum Gasteiger partial charge on any atom is 0.338 e. The number of aliphatic hydroxyl groups is 6. The molecule has 0 aromatic heterocycles. The predicted octanol–water partition coefficient (Wildman–Crippen LogP) is 3.44. The van der Waals surface area contributed by atoms with E-state index in [1.807, 2.05) is 0 Å². The molecule has 47 heavy (non-hydrogen) atoms. The Kier molecular flexibility index (Phi) is 9.64. The molecule has 0 aromatic rings. The number of esters is 1. The molecule has 0 aliphatic heterocycles. The fraction of sp³-hybridized carbons (Fsp3) is 0.892. The lowest BCUT2D eigenvalue weighted by Gasteiger charge is -2.71. The number of hydrogen-bond donors (Lipinski definition) is 7. The van der Waals surface area contributed by atoms with Crippen LogP contribution < -0.4 is 0 Å². The van der Waals surface area contributed by atoms with Gasteiger partial charge in [0.15, 0.2) is 6.10 Å². The number of carbonyl (C=O) groups excluding carboxylic acids is 1. The number of aliphatic hydroxyl groups excluding tert-OH is 6. The molecule has 1 unspecified atom stereocenters. The van der Waals surface area contributed by atoms with Crippen LogP contribution in [-0.4, -0.2) is 90.9 Å². The minimum absolute atomic E-state index is 0.0244. The Morgan fingerprint density at radius 1 is 0.851 bits per heavy atom. The number of fused-ring (bicyclic) bond motifs is 7. The molecule has 7 N–H and O–H groups in total. The molecular weight excluding hydrogens is 604 g/mol. The van der Waals surface area contributed by atoms with Gasteiger partial charge in [0.05, 0.1) is 12.0 Å². The van der Waals surface area contributed by atoms with Gasteiger partial charge in [0.1, 0.15) is 30.5 Å². The van der Waals surface area contributed by atoms with Gasteiger partial charge in [-0.3, -0.25) is 4.79 Å². The van der Waals surface area contributed by atoms with E-state index in [1.165, 1.54) is 5.57 Å². The Morgan fingerprint density at radius 3 is 2.13 bits per heavy atom. The van der Waals surface area contributed by atoms with Gasteiger partial charge in [0.25, 0.3) is 0 Å². The molecule has 0 heterocycles. The van der Waals surface area contributed by atoms with Crippen LogP contribution in [0.2, 0.25) is 0 Å². The summed E-state index contributed by atoms with van der Waals surface area (Å²) in [6.07, 6.45) is -0.751. The topological polar surface area (TPSA) is 185 Å². The van der Waals surface area contributed by atoms with Gasteiger partial charge in [0, 0.05) is 5.41 Å². The molecule has 0 aromatic carbocycles. The summed E-state index contributed by atoms with van der Waals surface area (Å²) < 4.78 is 5.86. The molecule has 5 rings (SSSR count). The van der Waals surface area contributed by atoms with E-state index < -0.39 is 66.0 Å². The van der Waals surface area contributed by atoms with Crippen LogP contribution >= 0.6 is 0 Å². The molecule has 4 saturated carbocycles. The second kappa shape index (κ2) is 12.3. The standard InChI is InChI=1S/C37H60O10/c1-19-10-15-37(32(45)46)17-16-35(6)21(26(37)20(19)2)8-9-24-34(5)13-12-25(33(3,4)23(34)11-14-36(24,35)7)47-31(44)30(43)29(42)28(41)27(40)22(39)18-38/h8,19-20,22-30,38-43H,9-18H2,1-7H3,(H,45,46)/t19-,20+,22+,23?,24-,25+,26+,27-,28-,29+,30+,34+,35-,36-,37+/m1/s1. The highest BCUT2D eigenvalue weighted by molar-refractivity contribution is 5.77. The lowest BCUT2D eigenvalue weighted by atomic mass is 9.33. The number of carbonyl (C=O) groups is 2. The summed E-state index contributed by atoms with van der Waals surface area (Å²) >= 11 is 0. The molecule has 0 amide bonds. The molecular formula is C37H60O10. The Labute approximate surface area is 279 Å². The molecule has 15 atom stereocenters. The van der Waals surface area contributed by atoms with Crippen molar-refractivity contribution in [3.05, 3.63) is 11.6 Å². The minimum atomic E-state index is -2.15. The third-order valence-electron chi connectivity index (χ3n) is 15.5. The van der Waals surface area contributed by atoms with E-state index in [2.05, 4.69) is 54.5 Å². The van der Waals surface area contributed by atoms with Crippen molar-refractivity contribution in [3.8, 4) is 0 Å². The zero-order valence-corrected chi connectivity index (χ0v) is 29.4. The second-order valence-electron chi connectivity index (χ2n) is 17.6. The van der Waals surface area contributed by atoms with Crippen LogP contribution in [0.15, 0.2) is 11.6 Å². The summed E-state index contributed by atoms with van der Waals surface area (Å²) in [5.41, 5.74) is 0.0277. The maximum atomic E-state index is 13.1. The predicted molar refractivity (Wildman–Crippen MR) is 174 cm³/mol. The summed E-state index contributed by atoms with van der Waals surface area (Å²) in [5, 5.41) is 70.4. The molecule has 10 nitrogen and oxygen atoms in total. The van der Waals surface area contributed by atoms with Gasteiger partial charge in [-0.2, -0.15) is 0 Å². The van der Waals surface area contributed by atoms with Gasteiger partial charge < -0.3 is 40.5 Å². The number of hydrogen-bond acceptors (Lipinski definition) is 9. The zero-order chi connectivity index (χ0) is 35.1. The third kappa shape index (κ3) is 5.25. The summed E-state index contributed by atoms with van der Waals surface area (Å²) in [6.45, 7) is 15.2. The van der Waals surface area contributed by atoms with Gasteiger partial charge in [-0.15, -0.1) is 0 Å². The van der Waals surface area contributed by atoms with E-state index in [-0.39, 0.29) is 28.1 Å². The van der Waals surface area contributed by atoms with Crippen molar-refractivity contribution in [1.29, 1.82) is 0 Å². The van der Waals surface area contributed by atoms with E-state index in [0.717, 1.165) is 44.9 Å². The monoisotopic (exact) mass is 664 g/mol. The van der Waals surface area contributed by atoms with Crippen LogP contribution in [0.1, 0.15) is 106 Å². The first-order valence-electron chi connectivity index (χ1n) is 17.9. The highest BCUT2D eigenvalue weighted by Crippen LogP contribution is 2.75. The lowest BCUT2D eigenvalue weighted by molar-refractivity contribution is -0.220. The molecule has 5 aliphatic carbocycles. The van der Waals surface area contributed by atoms with Crippen molar-refractivity contribution in [1.82, 2.24) is 0 Å². The summed E-state index contributed by atoms with van der Waals surface area (Å²) in [7, 11) is 0. The normalized spacial score (nSPS) is 45.8. The summed E-state index contributed by atoms with van der Waals surface area (Å²) in [6, 6.07) is 0. The molecule has 0 bridgehead atoms. The van der Waals surface area contributed by atoms with Gasteiger partial charge in [-0.25, -0.2) is 4.79 Å². The Hall–Kier alpha value is -1.56. The smallest absolute Gasteiger partial charge is 0.338 e. The molecule has 0 spiro atoms. The van der Waals surface area contributed by atoms with Crippen molar-refractivity contribution in [2.45, 2.75) is 143 Å². The van der Waals surface area contributed by atoms with Crippen LogP contribution in [0.5, 0.6) is 0 Å². The van der Waals surface area contributed by atoms with Crippen LogP contribution in [0.3, 0.4) is 0 Å². The van der Waals surface area contributed by atoms with Crippen molar-refractivity contribution in [2.75, 3.05) is 6.61 Å². The number of rotatable bonds is 8. The van der Waals surface area contributed by atoms with Gasteiger partial charge in [0.2, 0.25) is 0 Å². The van der Waals surface area contributed by atoms with Gasteiger partial charge in [-0.1, -0.05) is 60.1 Å². The molecule has 0 saturated heterocycles. The van der Waals surface area contributed by atoms with Crippen molar-refractivity contribution in [2.24, 2.45) is 56.7 Å². The lowest BCUT2D eigenvalue weighted by Crippen LogP contribution is -2.65. The van der Waals surface area contributed by atoms with Crippen molar-refractivity contribution < 1.29 is 50.1 Å².